The zero-order valence-electron chi connectivity index (χ0n) is 8.90. The van der Waals surface area contributed by atoms with Crippen LogP contribution in [0, 0.1) is 11.3 Å². The maximum Gasteiger partial charge on any atom is 0.102 e. The van der Waals surface area contributed by atoms with Crippen LogP contribution in [0.1, 0.15) is 18.4 Å². The normalized spacial score (nSPS) is 17.1. The molecule has 1 aliphatic rings. The standard InChI is InChI=1S/C12H13FN2O/c13-16-11-5-7-15(8-6-11)12-4-2-1-3-10(12)9-14/h1-4,11H,5-8H2. The highest BCUT2D eigenvalue weighted by molar-refractivity contribution is 5.59. The van der Waals surface area contributed by atoms with Crippen LogP contribution in [-0.2, 0) is 4.94 Å². The fourth-order valence-electron chi connectivity index (χ4n) is 2.03. The minimum Gasteiger partial charge on any atom is -0.370 e. The van der Waals surface area contributed by atoms with Gasteiger partial charge in [-0.25, -0.2) is 0 Å². The quantitative estimate of drug-likeness (QED) is 0.768. The molecule has 0 unspecified atom stereocenters. The van der Waals surface area contributed by atoms with Gasteiger partial charge in [-0.05, 0) is 29.5 Å². The van der Waals surface area contributed by atoms with Crippen LogP contribution in [-0.4, -0.2) is 19.2 Å². The van der Waals surface area contributed by atoms with E-state index in [1.54, 1.807) is 6.07 Å². The molecular formula is C12H13FN2O. The summed E-state index contributed by atoms with van der Waals surface area (Å²) in [7, 11) is 0. The number of hydrogen-bond acceptors (Lipinski definition) is 3. The van der Waals surface area contributed by atoms with Gasteiger partial charge in [-0.15, -0.1) is 0 Å². The predicted molar refractivity (Wildman–Crippen MR) is 58.6 cm³/mol. The molecule has 0 radical (unpaired) electrons. The topological polar surface area (TPSA) is 36.3 Å². The van der Waals surface area contributed by atoms with Gasteiger partial charge in [0, 0.05) is 13.1 Å². The second-order valence-electron chi connectivity index (χ2n) is 3.90. The van der Waals surface area contributed by atoms with Crippen molar-refractivity contribution in [2.45, 2.75) is 18.9 Å². The van der Waals surface area contributed by atoms with Crippen molar-refractivity contribution >= 4 is 5.69 Å². The summed E-state index contributed by atoms with van der Waals surface area (Å²) in [6, 6.07) is 9.65. The van der Waals surface area contributed by atoms with Gasteiger partial charge < -0.3 is 4.90 Å². The minimum absolute atomic E-state index is 0.287. The molecule has 0 bridgehead atoms. The molecule has 0 aromatic heterocycles. The number of anilines is 1. The highest BCUT2D eigenvalue weighted by Crippen LogP contribution is 2.24. The second-order valence-corrected chi connectivity index (χ2v) is 3.90. The van der Waals surface area contributed by atoms with E-state index in [0.29, 0.717) is 18.4 Å². The van der Waals surface area contributed by atoms with Crippen LogP contribution in [0.25, 0.3) is 0 Å². The Kier molecular flexibility index (Phi) is 3.37. The average Bonchev–Trinajstić information content (AvgIpc) is 2.39. The van der Waals surface area contributed by atoms with Crippen molar-refractivity contribution < 1.29 is 9.47 Å². The van der Waals surface area contributed by atoms with Gasteiger partial charge in [0.15, 0.2) is 0 Å². The molecule has 0 N–H and O–H groups in total. The van der Waals surface area contributed by atoms with E-state index in [1.807, 2.05) is 18.2 Å². The summed E-state index contributed by atoms with van der Waals surface area (Å²) < 4.78 is 12.0. The van der Waals surface area contributed by atoms with E-state index in [0.717, 1.165) is 18.8 Å². The Morgan fingerprint density at radius 1 is 1.31 bits per heavy atom. The molecule has 1 aromatic carbocycles. The Labute approximate surface area is 93.9 Å². The van der Waals surface area contributed by atoms with Gasteiger partial charge in [-0.1, -0.05) is 12.1 Å². The highest BCUT2D eigenvalue weighted by atomic mass is 19.3. The van der Waals surface area contributed by atoms with Crippen LogP contribution in [0.5, 0.6) is 0 Å². The minimum atomic E-state index is -0.287. The summed E-state index contributed by atoms with van der Waals surface area (Å²) in [5, 5.41) is 8.99. The van der Waals surface area contributed by atoms with Crippen LogP contribution < -0.4 is 4.90 Å². The lowest BCUT2D eigenvalue weighted by molar-refractivity contribution is -0.183. The third-order valence-electron chi connectivity index (χ3n) is 2.93. The lowest BCUT2D eigenvalue weighted by Crippen LogP contribution is -2.36. The van der Waals surface area contributed by atoms with Crippen molar-refractivity contribution in [1.82, 2.24) is 0 Å². The Morgan fingerprint density at radius 3 is 2.62 bits per heavy atom. The van der Waals surface area contributed by atoms with Gasteiger partial charge in [-0.2, -0.15) is 10.2 Å². The van der Waals surface area contributed by atoms with Gasteiger partial charge >= 0.3 is 0 Å². The first-order valence-corrected chi connectivity index (χ1v) is 5.36. The maximum atomic E-state index is 12.0. The number of piperidine rings is 1. The SMILES string of the molecule is N#Cc1ccccc1N1CCC(OF)CC1. The lowest BCUT2D eigenvalue weighted by atomic mass is 10.1. The maximum absolute atomic E-state index is 12.0. The summed E-state index contributed by atoms with van der Waals surface area (Å²) >= 11 is 0. The molecule has 0 amide bonds. The van der Waals surface area contributed by atoms with Crippen LogP contribution in [0.3, 0.4) is 0 Å². The van der Waals surface area contributed by atoms with E-state index in [-0.39, 0.29) is 6.10 Å². The Morgan fingerprint density at radius 2 is 2.00 bits per heavy atom. The molecule has 2 rings (SSSR count). The fraction of sp³-hybridized carbons (Fsp3) is 0.417. The number of hydrogen-bond donors (Lipinski definition) is 0. The van der Waals surface area contributed by atoms with Gasteiger partial charge in [0.05, 0.1) is 11.3 Å². The summed E-state index contributed by atoms with van der Waals surface area (Å²) in [5.74, 6) is 0. The van der Waals surface area contributed by atoms with E-state index < -0.39 is 0 Å². The summed E-state index contributed by atoms with van der Waals surface area (Å²) in [4.78, 5) is 5.95. The summed E-state index contributed by atoms with van der Waals surface area (Å²) in [6.45, 7) is 1.46. The van der Waals surface area contributed by atoms with E-state index in [4.69, 9.17) is 5.26 Å². The Balaban J connectivity index is 2.11. The molecule has 1 aromatic rings. The van der Waals surface area contributed by atoms with Crippen LogP contribution in [0.2, 0.25) is 0 Å². The van der Waals surface area contributed by atoms with Gasteiger partial charge in [-0.3, -0.25) is 0 Å². The third kappa shape index (κ3) is 2.15. The van der Waals surface area contributed by atoms with Gasteiger partial charge in [0.2, 0.25) is 0 Å². The molecular weight excluding hydrogens is 207 g/mol. The average molecular weight is 220 g/mol. The predicted octanol–water partition coefficient (Wildman–Crippen LogP) is 2.43. The second kappa shape index (κ2) is 4.95. The van der Waals surface area contributed by atoms with Crippen molar-refractivity contribution in [2.24, 2.45) is 0 Å². The van der Waals surface area contributed by atoms with Gasteiger partial charge in [0.25, 0.3) is 0 Å². The van der Waals surface area contributed by atoms with Crippen molar-refractivity contribution in [3.05, 3.63) is 29.8 Å². The first-order chi connectivity index (χ1) is 7.85. The molecule has 4 heteroatoms. The van der Waals surface area contributed by atoms with Crippen LogP contribution >= 0.6 is 0 Å². The van der Waals surface area contributed by atoms with Crippen molar-refractivity contribution in [2.75, 3.05) is 18.0 Å². The van der Waals surface area contributed by atoms with E-state index in [2.05, 4.69) is 15.9 Å². The van der Waals surface area contributed by atoms with Crippen molar-refractivity contribution in [3.63, 3.8) is 0 Å². The zero-order chi connectivity index (χ0) is 11.4. The zero-order valence-corrected chi connectivity index (χ0v) is 8.90. The lowest BCUT2D eigenvalue weighted by Gasteiger charge is -2.32. The van der Waals surface area contributed by atoms with E-state index in [1.165, 1.54) is 0 Å². The summed E-state index contributed by atoms with van der Waals surface area (Å²) in [5.41, 5.74) is 1.60. The van der Waals surface area contributed by atoms with Crippen LogP contribution in [0.4, 0.5) is 10.2 Å². The largest absolute Gasteiger partial charge is 0.370 e. The number of benzene rings is 1. The molecule has 0 saturated carbocycles. The highest BCUT2D eigenvalue weighted by Gasteiger charge is 2.21. The monoisotopic (exact) mass is 220 g/mol. The molecule has 1 aliphatic heterocycles. The van der Waals surface area contributed by atoms with Crippen LogP contribution in [0.15, 0.2) is 24.3 Å². The van der Waals surface area contributed by atoms with Crippen molar-refractivity contribution in [3.8, 4) is 6.07 Å². The first-order valence-electron chi connectivity index (χ1n) is 5.36. The van der Waals surface area contributed by atoms with E-state index >= 15 is 0 Å². The molecule has 16 heavy (non-hydrogen) atoms. The number of halogens is 1. The Bertz CT molecular complexity index is 394. The molecule has 1 heterocycles. The third-order valence-corrected chi connectivity index (χ3v) is 2.93. The number of para-hydroxylation sites is 1. The summed E-state index contributed by atoms with van der Waals surface area (Å²) in [6.07, 6.45) is 1.04. The molecule has 84 valence electrons. The number of nitriles is 1. The molecule has 0 atom stereocenters. The van der Waals surface area contributed by atoms with Crippen molar-refractivity contribution in [1.29, 1.82) is 5.26 Å². The molecule has 1 fully saturated rings. The number of nitrogens with zero attached hydrogens (tertiary/aromatic N) is 2. The Hall–Kier alpha value is -1.60. The molecule has 3 nitrogen and oxygen atoms in total. The molecule has 1 saturated heterocycles. The molecule has 0 aliphatic carbocycles. The van der Waals surface area contributed by atoms with E-state index in [9.17, 15) is 4.53 Å². The first kappa shape index (κ1) is 10.9. The fourth-order valence-corrected chi connectivity index (χ4v) is 2.03. The number of rotatable bonds is 2. The smallest absolute Gasteiger partial charge is 0.102 e. The van der Waals surface area contributed by atoms with Gasteiger partial charge in [0.1, 0.15) is 12.2 Å². The molecule has 0 spiro atoms.